The lowest BCUT2D eigenvalue weighted by Crippen LogP contribution is -2.24. The minimum atomic E-state index is 0.0360. The normalized spacial score (nSPS) is 14.0. The number of H-pyrrole nitrogens is 1. The van der Waals surface area contributed by atoms with E-state index in [2.05, 4.69) is 10.1 Å². The van der Waals surface area contributed by atoms with E-state index in [4.69, 9.17) is 4.74 Å². The highest BCUT2D eigenvalue weighted by Gasteiger charge is 2.17. The van der Waals surface area contributed by atoms with Gasteiger partial charge in [0.1, 0.15) is 5.75 Å². The van der Waals surface area contributed by atoms with Gasteiger partial charge < -0.3 is 4.74 Å². The maximum Gasteiger partial charge on any atom is 0.276 e. The minimum absolute atomic E-state index is 0.0360. The molecule has 1 N–H and O–H groups in total. The molecular formula is C17H17N3O2. The lowest BCUT2D eigenvalue weighted by atomic mass is 9.97. The molecule has 0 fully saturated rings. The number of benzene rings is 1. The quantitative estimate of drug-likeness (QED) is 0.790. The smallest absolute Gasteiger partial charge is 0.276 e. The second-order valence-corrected chi connectivity index (χ2v) is 5.64. The molecule has 0 saturated carbocycles. The highest BCUT2D eigenvalue weighted by molar-refractivity contribution is 5.65. The summed E-state index contributed by atoms with van der Waals surface area (Å²) >= 11 is 0. The van der Waals surface area contributed by atoms with E-state index in [1.807, 2.05) is 30.3 Å². The fraction of sp³-hybridized carbons (Fsp3) is 0.294. The zero-order valence-electron chi connectivity index (χ0n) is 12.4. The van der Waals surface area contributed by atoms with Crippen molar-refractivity contribution in [3.05, 3.63) is 51.9 Å². The van der Waals surface area contributed by atoms with Crippen molar-refractivity contribution >= 4 is 5.65 Å². The van der Waals surface area contributed by atoms with Crippen LogP contribution in [-0.4, -0.2) is 21.7 Å². The number of hydrogen-bond donors (Lipinski definition) is 1. The Hall–Kier alpha value is -2.56. The topological polar surface area (TPSA) is 59.4 Å². The third-order valence-corrected chi connectivity index (χ3v) is 4.26. The van der Waals surface area contributed by atoms with Crippen molar-refractivity contribution in [3.63, 3.8) is 0 Å². The molecule has 0 spiro atoms. The molecule has 2 aromatic heterocycles. The molecule has 0 aliphatic heterocycles. The Morgan fingerprint density at radius 1 is 1.23 bits per heavy atom. The molecule has 112 valence electrons. The second kappa shape index (κ2) is 5.02. The number of rotatable bonds is 2. The van der Waals surface area contributed by atoms with Crippen LogP contribution in [0.4, 0.5) is 0 Å². The molecule has 4 rings (SSSR count). The number of ether oxygens (including phenoxy) is 1. The number of hydrogen-bond acceptors (Lipinski definition) is 3. The largest absolute Gasteiger partial charge is 0.497 e. The zero-order valence-corrected chi connectivity index (χ0v) is 12.4. The number of aromatic amines is 1. The maximum absolute atomic E-state index is 12.6. The Balaban J connectivity index is 1.90. The van der Waals surface area contributed by atoms with Crippen LogP contribution >= 0.6 is 0 Å². The van der Waals surface area contributed by atoms with Gasteiger partial charge in [0, 0.05) is 17.2 Å². The number of methoxy groups -OCH3 is 1. The lowest BCUT2D eigenvalue weighted by molar-refractivity contribution is 0.415. The third kappa shape index (κ3) is 2.01. The molecule has 0 amide bonds. The van der Waals surface area contributed by atoms with E-state index in [0.29, 0.717) is 5.65 Å². The van der Waals surface area contributed by atoms with Gasteiger partial charge in [0.2, 0.25) is 0 Å². The first-order valence-corrected chi connectivity index (χ1v) is 7.54. The van der Waals surface area contributed by atoms with Gasteiger partial charge in [-0.15, -0.1) is 0 Å². The van der Waals surface area contributed by atoms with Gasteiger partial charge in [-0.2, -0.15) is 0 Å². The summed E-state index contributed by atoms with van der Waals surface area (Å²) < 4.78 is 6.81. The van der Waals surface area contributed by atoms with Crippen LogP contribution in [0.2, 0.25) is 0 Å². The molecule has 22 heavy (non-hydrogen) atoms. The molecule has 2 heterocycles. The van der Waals surface area contributed by atoms with Crippen LogP contribution in [0.1, 0.15) is 24.1 Å². The summed E-state index contributed by atoms with van der Waals surface area (Å²) in [5.41, 5.74) is 4.39. The van der Waals surface area contributed by atoms with Crippen molar-refractivity contribution < 1.29 is 4.74 Å². The summed E-state index contributed by atoms with van der Waals surface area (Å²) in [4.78, 5) is 17.3. The van der Waals surface area contributed by atoms with Crippen LogP contribution in [0, 0.1) is 0 Å². The van der Waals surface area contributed by atoms with Crippen LogP contribution in [0.25, 0.3) is 16.9 Å². The third-order valence-electron chi connectivity index (χ3n) is 4.26. The SMILES string of the molecule is COc1cccc(-c2cc3nc4c(c(=O)n3[nH]2)CCCC4)c1. The van der Waals surface area contributed by atoms with Gasteiger partial charge in [-0.1, -0.05) is 12.1 Å². The van der Waals surface area contributed by atoms with Crippen molar-refractivity contribution in [2.45, 2.75) is 25.7 Å². The molecule has 1 aliphatic carbocycles. The van der Waals surface area contributed by atoms with Crippen LogP contribution in [0.5, 0.6) is 5.75 Å². The second-order valence-electron chi connectivity index (χ2n) is 5.64. The number of fused-ring (bicyclic) bond motifs is 2. The lowest BCUT2D eigenvalue weighted by Gasteiger charge is -2.13. The number of nitrogens with one attached hydrogen (secondary N) is 1. The molecule has 5 nitrogen and oxygen atoms in total. The first-order valence-electron chi connectivity index (χ1n) is 7.54. The van der Waals surface area contributed by atoms with Crippen molar-refractivity contribution in [3.8, 4) is 17.0 Å². The average molecular weight is 295 g/mol. The van der Waals surface area contributed by atoms with E-state index in [1.165, 1.54) is 0 Å². The Labute approximate surface area is 127 Å². The summed E-state index contributed by atoms with van der Waals surface area (Å²) in [7, 11) is 1.64. The first-order chi connectivity index (χ1) is 10.8. The fourth-order valence-corrected chi connectivity index (χ4v) is 3.10. The summed E-state index contributed by atoms with van der Waals surface area (Å²) in [5, 5.41) is 3.17. The molecule has 0 bridgehead atoms. The van der Waals surface area contributed by atoms with E-state index in [9.17, 15) is 4.79 Å². The fourth-order valence-electron chi connectivity index (χ4n) is 3.10. The average Bonchev–Trinajstić information content (AvgIpc) is 2.99. The van der Waals surface area contributed by atoms with Crippen LogP contribution in [-0.2, 0) is 12.8 Å². The Kier molecular flexibility index (Phi) is 2.99. The van der Waals surface area contributed by atoms with Gasteiger partial charge in [0.15, 0.2) is 5.65 Å². The maximum atomic E-state index is 12.6. The van der Waals surface area contributed by atoms with Gasteiger partial charge in [-0.25, -0.2) is 9.50 Å². The van der Waals surface area contributed by atoms with E-state index < -0.39 is 0 Å². The summed E-state index contributed by atoms with van der Waals surface area (Å²) in [6, 6.07) is 9.68. The predicted octanol–water partition coefficient (Wildman–Crippen LogP) is 2.58. The van der Waals surface area contributed by atoms with Crippen molar-refractivity contribution in [1.29, 1.82) is 0 Å². The molecule has 5 heteroatoms. The number of aromatic nitrogens is 3. The molecule has 1 aliphatic rings. The Morgan fingerprint density at radius 2 is 2.09 bits per heavy atom. The standard InChI is InChI=1S/C17H17N3O2/c1-22-12-6-4-5-11(9-12)15-10-16-18-14-8-3-2-7-13(14)17(21)20(16)19-15/h4-6,9-10,19H,2-3,7-8H2,1H3. The Bertz CT molecular complexity index is 908. The van der Waals surface area contributed by atoms with Crippen molar-refractivity contribution in [2.24, 2.45) is 0 Å². The molecule has 3 aromatic rings. The van der Waals surface area contributed by atoms with Crippen LogP contribution in [0.3, 0.4) is 0 Å². The molecule has 0 saturated heterocycles. The van der Waals surface area contributed by atoms with Crippen molar-refractivity contribution in [2.75, 3.05) is 7.11 Å². The highest BCUT2D eigenvalue weighted by atomic mass is 16.5. The monoisotopic (exact) mass is 295 g/mol. The van der Waals surface area contributed by atoms with Gasteiger partial charge >= 0.3 is 0 Å². The molecule has 1 aromatic carbocycles. The predicted molar refractivity (Wildman–Crippen MR) is 84.4 cm³/mol. The van der Waals surface area contributed by atoms with Crippen LogP contribution < -0.4 is 10.3 Å². The van der Waals surface area contributed by atoms with Gasteiger partial charge in [0.05, 0.1) is 18.5 Å². The number of nitrogens with zero attached hydrogens (tertiary/aromatic N) is 2. The highest BCUT2D eigenvalue weighted by Crippen LogP contribution is 2.24. The molecule has 0 unspecified atom stereocenters. The van der Waals surface area contributed by atoms with Gasteiger partial charge in [-0.05, 0) is 37.8 Å². The summed E-state index contributed by atoms with van der Waals surface area (Å²) in [6.45, 7) is 0. The molecular weight excluding hydrogens is 278 g/mol. The van der Waals surface area contributed by atoms with E-state index in [1.54, 1.807) is 11.6 Å². The minimum Gasteiger partial charge on any atom is -0.497 e. The molecule has 0 atom stereocenters. The summed E-state index contributed by atoms with van der Waals surface area (Å²) in [6.07, 6.45) is 3.92. The van der Waals surface area contributed by atoms with E-state index >= 15 is 0 Å². The first kappa shape index (κ1) is 13.1. The van der Waals surface area contributed by atoms with E-state index in [-0.39, 0.29) is 5.56 Å². The van der Waals surface area contributed by atoms with Crippen LogP contribution in [0.15, 0.2) is 35.1 Å². The van der Waals surface area contributed by atoms with Gasteiger partial charge in [0.25, 0.3) is 5.56 Å². The van der Waals surface area contributed by atoms with Gasteiger partial charge in [-0.3, -0.25) is 9.89 Å². The number of aryl methyl sites for hydroxylation is 1. The summed E-state index contributed by atoms with van der Waals surface area (Å²) in [5.74, 6) is 0.788. The zero-order chi connectivity index (χ0) is 15.1. The molecule has 0 radical (unpaired) electrons. The van der Waals surface area contributed by atoms with Crippen molar-refractivity contribution in [1.82, 2.24) is 14.6 Å². The Morgan fingerprint density at radius 3 is 2.95 bits per heavy atom. The van der Waals surface area contributed by atoms with E-state index in [0.717, 1.165) is 53.9 Å².